The van der Waals surface area contributed by atoms with Crippen molar-refractivity contribution in [2.24, 2.45) is 0 Å². The molecule has 2 aromatic carbocycles. The van der Waals surface area contributed by atoms with Crippen molar-refractivity contribution in [2.75, 3.05) is 46.5 Å². The third kappa shape index (κ3) is 5.20. The highest BCUT2D eigenvalue weighted by molar-refractivity contribution is 6.05. The van der Waals surface area contributed by atoms with Gasteiger partial charge in [-0.25, -0.2) is 0 Å². The summed E-state index contributed by atoms with van der Waals surface area (Å²) in [6.07, 6.45) is 0. The molecule has 1 amide bonds. The Morgan fingerprint density at radius 1 is 0.700 bits per heavy atom. The summed E-state index contributed by atoms with van der Waals surface area (Å²) in [5, 5.41) is 2.84. The zero-order valence-corrected chi connectivity index (χ0v) is 18.3. The van der Waals surface area contributed by atoms with Crippen molar-refractivity contribution >= 4 is 11.6 Å². The van der Waals surface area contributed by atoms with Crippen LogP contribution in [0.3, 0.4) is 0 Å². The minimum Gasteiger partial charge on any atom is -0.493 e. The van der Waals surface area contributed by atoms with Crippen LogP contribution in [0.2, 0.25) is 0 Å². The highest BCUT2D eigenvalue weighted by atomic mass is 16.5. The normalized spacial score (nSPS) is 10.2. The number of benzene rings is 2. The topological polar surface area (TPSA) is 84.5 Å². The minimum atomic E-state index is -0.353. The maximum atomic E-state index is 13.0. The molecule has 0 heterocycles. The van der Waals surface area contributed by atoms with Crippen LogP contribution < -0.4 is 33.7 Å². The predicted molar refractivity (Wildman–Crippen MR) is 114 cm³/mol. The summed E-state index contributed by atoms with van der Waals surface area (Å²) >= 11 is 0. The monoisotopic (exact) mass is 419 g/mol. The van der Waals surface area contributed by atoms with Gasteiger partial charge >= 0.3 is 0 Å². The van der Waals surface area contributed by atoms with E-state index in [0.29, 0.717) is 65.6 Å². The lowest BCUT2D eigenvalue weighted by atomic mass is 10.1. The van der Waals surface area contributed by atoms with E-state index < -0.39 is 0 Å². The quantitative estimate of drug-likeness (QED) is 0.585. The zero-order valence-electron chi connectivity index (χ0n) is 18.3. The number of hydrogen-bond acceptors (Lipinski definition) is 7. The van der Waals surface area contributed by atoms with Gasteiger partial charge in [0.2, 0.25) is 11.5 Å². The average molecular weight is 419 g/mol. The zero-order chi connectivity index (χ0) is 22.1. The van der Waals surface area contributed by atoms with Gasteiger partial charge < -0.3 is 33.7 Å². The molecule has 164 valence electrons. The lowest BCUT2D eigenvalue weighted by Gasteiger charge is -2.17. The van der Waals surface area contributed by atoms with Crippen LogP contribution in [0, 0.1) is 0 Å². The highest BCUT2D eigenvalue weighted by Gasteiger charge is 2.20. The summed E-state index contributed by atoms with van der Waals surface area (Å²) in [6.45, 7) is 6.87. The van der Waals surface area contributed by atoms with Crippen molar-refractivity contribution in [1.29, 1.82) is 0 Å². The molecule has 0 aliphatic heterocycles. The molecule has 0 saturated heterocycles. The smallest absolute Gasteiger partial charge is 0.255 e. The van der Waals surface area contributed by atoms with E-state index in [1.807, 2.05) is 20.8 Å². The number of nitrogens with one attached hydrogen (secondary N) is 1. The fourth-order valence-electron chi connectivity index (χ4n) is 2.88. The molecular weight excluding hydrogens is 390 g/mol. The van der Waals surface area contributed by atoms with Crippen molar-refractivity contribution in [1.82, 2.24) is 0 Å². The predicted octanol–water partition coefficient (Wildman–Crippen LogP) is 4.16. The molecule has 0 fully saturated rings. The summed E-state index contributed by atoms with van der Waals surface area (Å²) in [6, 6.07) is 6.57. The Hall–Kier alpha value is -3.29. The molecule has 30 heavy (non-hydrogen) atoms. The van der Waals surface area contributed by atoms with Gasteiger partial charge in [-0.2, -0.15) is 0 Å². The number of hydrogen-bond donors (Lipinski definition) is 1. The Morgan fingerprint density at radius 2 is 1.20 bits per heavy atom. The summed E-state index contributed by atoms with van der Waals surface area (Å²) in [5.74, 6) is 2.32. The first kappa shape index (κ1) is 23.0. The van der Waals surface area contributed by atoms with Crippen LogP contribution >= 0.6 is 0 Å². The average Bonchev–Trinajstić information content (AvgIpc) is 2.75. The molecule has 0 aliphatic rings. The number of methoxy groups -OCH3 is 3. The Kier molecular flexibility index (Phi) is 8.46. The van der Waals surface area contributed by atoms with Crippen LogP contribution in [0.15, 0.2) is 24.3 Å². The van der Waals surface area contributed by atoms with Gasteiger partial charge in [-0.1, -0.05) is 0 Å². The molecule has 8 nitrogen and oxygen atoms in total. The second-order valence-corrected chi connectivity index (χ2v) is 5.97. The standard InChI is InChI=1S/C22H29NO7/c1-7-28-18-10-14(11-19(29-8-2)21(18)30-9-3)22(24)23-15-12-16(25-4)20(27-6)17(13-15)26-5/h10-13H,7-9H2,1-6H3,(H,23,24). The lowest BCUT2D eigenvalue weighted by molar-refractivity contribution is 0.102. The summed E-state index contributed by atoms with van der Waals surface area (Å²) < 4.78 is 33.0. The second kappa shape index (κ2) is 11.0. The minimum absolute atomic E-state index is 0.353. The third-order valence-electron chi connectivity index (χ3n) is 4.09. The van der Waals surface area contributed by atoms with Gasteiger partial charge in [0.1, 0.15) is 0 Å². The van der Waals surface area contributed by atoms with Crippen LogP contribution in [0.25, 0.3) is 0 Å². The maximum absolute atomic E-state index is 13.0. The van der Waals surface area contributed by atoms with Crippen molar-refractivity contribution in [3.63, 3.8) is 0 Å². The number of ether oxygens (including phenoxy) is 6. The number of anilines is 1. The van der Waals surface area contributed by atoms with Gasteiger partial charge in [0, 0.05) is 23.4 Å². The number of amides is 1. The van der Waals surface area contributed by atoms with E-state index >= 15 is 0 Å². The molecule has 2 aromatic rings. The first-order chi connectivity index (χ1) is 14.5. The summed E-state index contributed by atoms with van der Waals surface area (Å²) in [5.41, 5.74) is 0.846. The molecule has 2 rings (SSSR count). The van der Waals surface area contributed by atoms with Crippen molar-refractivity contribution in [3.8, 4) is 34.5 Å². The van der Waals surface area contributed by atoms with Gasteiger partial charge in [-0.15, -0.1) is 0 Å². The van der Waals surface area contributed by atoms with Gasteiger partial charge in [-0.3, -0.25) is 4.79 Å². The van der Waals surface area contributed by atoms with E-state index in [1.54, 1.807) is 24.3 Å². The molecular formula is C22H29NO7. The van der Waals surface area contributed by atoms with Crippen LogP contribution in [0.1, 0.15) is 31.1 Å². The second-order valence-electron chi connectivity index (χ2n) is 5.97. The van der Waals surface area contributed by atoms with E-state index in [9.17, 15) is 4.79 Å². The van der Waals surface area contributed by atoms with Crippen molar-refractivity contribution in [3.05, 3.63) is 29.8 Å². The van der Waals surface area contributed by atoms with Gasteiger partial charge in [0.05, 0.1) is 41.2 Å². The van der Waals surface area contributed by atoms with E-state index in [-0.39, 0.29) is 5.91 Å². The first-order valence-electron chi connectivity index (χ1n) is 9.70. The largest absolute Gasteiger partial charge is 0.493 e. The molecule has 8 heteroatoms. The molecule has 0 unspecified atom stereocenters. The fraction of sp³-hybridized carbons (Fsp3) is 0.409. The molecule has 0 saturated carbocycles. The SMILES string of the molecule is CCOc1cc(C(=O)Nc2cc(OC)c(OC)c(OC)c2)cc(OCC)c1OCC. The Morgan fingerprint density at radius 3 is 1.60 bits per heavy atom. The third-order valence-corrected chi connectivity index (χ3v) is 4.09. The highest BCUT2D eigenvalue weighted by Crippen LogP contribution is 2.41. The molecule has 1 N–H and O–H groups in total. The van der Waals surface area contributed by atoms with Crippen molar-refractivity contribution < 1.29 is 33.2 Å². The maximum Gasteiger partial charge on any atom is 0.255 e. The summed E-state index contributed by atoms with van der Waals surface area (Å²) in [4.78, 5) is 13.0. The Balaban J connectivity index is 2.43. The molecule has 0 aliphatic carbocycles. The number of carbonyl (C=O) groups excluding carboxylic acids is 1. The summed E-state index contributed by atoms with van der Waals surface area (Å²) in [7, 11) is 4.54. The first-order valence-corrected chi connectivity index (χ1v) is 9.70. The van der Waals surface area contributed by atoms with Crippen molar-refractivity contribution in [2.45, 2.75) is 20.8 Å². The van der Waals surface area contributed by atoms with Gasteiger partial charge in [0.25, 0.3) is 5.91 Å². The van der Waals surface area contributed by atoms with Crippen LogP contribution in [0.4, 0.5) is 5.69 Å². The fourth-order valence-corrected chi connectivity index (χ4v) is 2.88. The number of rotatable bonds is 11. The van der Waals surface area contributed by atoms with Crippen LogP contribution in [-0.4, -0.2) is 47.1 Å². The molecule has 0 radical (unpaired) electrons. The van der Waals surface area contributed by atoms with Crippen LogP contribution in [0.5, 0.6) is 34.5 Å². The number of carbonyl (C=O) groups is 1. The molecule has 0 atom stereocenters. The van der Waals surface area contributed by atoms with E-state index in [4.69, 9.17) is 28.4 Å². The van der Waals surface area contributed by atoms with E-state index in [1.165, 1.54) is 21.3 Å². The Labute approximate surface area is 177 Å². The lowest BCUT2D eigenvalue weighted by Crippen LogP contribution is -2.13. The van der Waals surface area contributed by atoms with Gasteiger partial charge in [-0.05, 0) is 32.9 Å². The van der Waals surface area contributed by atoms with E-state index in [0.717, 1.165) is 0 Å². The van der Waals surface area contributed by atoms with E-state index in [2.05, 4.69) is 5.32 Å². The van der Waals surface area contributed by atoms with Crippen LogP contribution in [-0.2, 0) is 0 Å². The molecule has 0 aromatic heterocycles. The molecule has 0 bridgehead atoms. The van der Waals surface area contributed by atoms with Gasteiger partial charge in [0.15, 0.2) is 23.0 Å². The molecule has 0 spiro atoms. The Bertz CT molecular complexity index is 815.